The summed E-state index contributed by atoms with van der Waals surface area (Å²) in [6.07, 6.45) is 4.25. The highest BCUT2D eigenvalue weighted by atomic mass is 79.9. The van der Waals surface area contributed by atoms with E-state index in [0.717, 1.165) is 18.4 Å². The van der Waals surface area contributed by atoms with E-state index in [4.69, 9.17) is 0 Å². The molecule has 0 heterocycles. The summed E-state index contributed by atoms with van der Waals surface area (Å²) in [5.74, 6) is 1.46. The minimum Gasteiger partial charge on any atom is -0.314 e. The smallest absolute Gasteiger partial charge is 0.143 e. The lowest BCUT2D eigenvalue weighted by Crippen LogP contribution is -2.38. The molecule has 110 valence electrons. The van der Waals surface area contributed by atoms with Gasteiger partial charge in [-0.15, -0.1) is 0 Å². The van der Waals surface area contributed by atoms with E-state index >= 15 is 0 Å². The molecule has 0 radical (unpaired) electrons. The second kappa shape index (κ2) is 5.72. The molecule has 0 spiro atoms. The van der Waals surface area contributed by atoms with E-state index in [1.54, 1.807) is 0 Å². The standard InChI is InChI=1S/C16H20BrF2N/c1-2-20-15(11-6-9-5-10(9)7-11)8-12-14(18)4-3-13(17)16(12)19/h3-4,9-11,15,20H,2,5-8H2,1H3. The predicted molar refractivity (Wildman–Crippen MR) is 79.5 cm³/mol. The van der Waals surface area contributed by atoms with Gasteiger partial charge in [-0.3, -0.25) is 0 Å². The number of fused-ring (bicyclic) bond motifs is 1. The third kappa shape index (κ3) is 2.77. The first-order valence-electron chi connectivity index (χ1n) is 7.45. The number of benzene rings is 1. The molecule has 0 aliphatic heterocycles. The summed E-state index contributed by atoms with van der Waals surface area (Å²) in [7, 11) is 0. The van der Waals surface area contributed by atoms with E-state index in [0.29, 0.717) is 16.8 Å². The third-order valence-corrected chi connectivity index (χ3v) is 5.49. The highest BCUT2D eigenvalue weighted by molar-refractivity contribution is 9.10. The summed E-state index contributed by atoms with van der Waals surface area (Å²) in [5.41, 5.74) is 0.214. The molecule has 3 atom stereocenters. The molecular formula is C16H20BrF2N. The summed E-state index contributed by atoms with van der Waals surface area (Å²) in [6.45, 7) is 2.89. The number of rotatable bonds is 5. The van der Waals surface area contributed by atoms with Crippen LogP contribution in [0.5, 0.6) is 0 Å². The van der Waals surface area contributed by atoms with E-state index in [1.807, 2.05) is 0 Å². The summed E-state index contributed by atoms with van der Waals surface area (Å²) in [4.78, 5) is 0. The fourth-order valence-electron chi connectivity index (χ4n) is 3.73. The van der Waals surface area contributed by atoms with E-state index in [9.17, 15) is 8.78 Å². The number of nitrogens with one attached hydrogen (secondary N) is 1. The second-order valence-corrected chi connectivity index (χ2v) is 7.03. The number of hydrogen-bond donors (Lipinski definition) is 1. The highest BCUT2D eigenvalue weighted by Gasteiger charge is 2.47. The maximum atomic E-state index is 14.1. The van der Waals surface area contributed by atoms with Crippen molar-refractivity contribution in [1.29, 1.82) is 0 Å². The van der Waals surface area contributed by atoms with Crippen molar-refractivity contribution in [3.63, 3.8) is 0 Å². The molecule has 4 heteroatoms. The van der Waals surface area contributed by atoms with Crippen molar-refractivity contribution in [2.45, 2.75) is 38.6 Å². The molecule has 2 fully saturated rings. The van der Waals surface area contributed by atoms with Crippen LogP contribution in [-0.4, -0.2) is 12.6 Å². The van der Waals surface area contributed by atoms with Crippen LogP contribution < -0.4 is 5.32 Å². The molecular weight excluding hydrogens is 324 g/mol. The van der Waals surface area contributed by atoms with Crippen LogP contribution in [0.15, 0.2) is 16.6 Å². The quantitative estimate of drug-likeness (QED) is 0.786. The first-order chi connectivity index (χ1) is 9.60. The van der Waals surface area contributed by atoms with E-state index in [1.165, 1.54) is 31.4 Å². The molecule has 2 aliphatic rings. The molecule has 20 heavy (non-hydrogen) atoms. The van der Waals surface area contributed by atoms with Gasteiger partial charge in [0.2, 0.25) is 0 Å². The Morgan fingerprint density at radius 3 is 2.60 bits per heavy atom. The van der Waals surface area contributed by atoms with Gasteiger partial charge in [0.1, 0.15) is 11.6 Å². The second-order valence-electron chi connectivity index (χ2n) is 6.18. The fourth-order valence-corrected chi connectivity index (χ4v) is 4.11. The SMILES string of the molecule is CCNC(Cc1c(F)ccc(Br)c1F)C1CC2CC2C1. The van der Waals surface area contributed by atoms with Crippen molar-refractivity contribution in [2.75, 3.05) is 6.54 Å². The molecule has 0 amide bonds. The topological polar surface area (TPSA) is 12.0 Å². The van der Waals surface area contributed by atoms with Gasteiger partial charge in [0, 0.05) is 11.6 Å². The Hall–Kier alpha value is -0.480. The van der Waals surface area contributed by atoms with Crippen LogP contribution in [0.3, 0.4) is 0 Å². The normalized spacial score (nSPS) is 29.3. The summed E-state index contributed by atoms with van der Waals surface area (Å²) < 4.78 is 28.4. The van der Waals surface area contributed by atoms with Gasteiger partial charge in [-0.2, -0.15) is 0 Å². The van der Waals surface area contributed by atoms with Gasteiger partial charge >= 0.3 is 0 Å². The Balaban J connectivity index is 1.77. The Morgan fingerprint density at radius 2 is 1.95 bits per heavy atom. The molecule has 2 aliphatic carbocycles. The van der Waals surface area contributed by atoms with Crippen LogP contribution in [0.4, 0.5) is 8.78 Å². The zero-order valence-electron chi connectivity index (χ0n) is 11.6. The summed E-state index contributed by atoms with van der Waals surface area (Å²) in [6, 6.07) is 2.96. The van der Waals surface area contributed by atoms with Crippen molar-refractivity contribution < 1.29 is 8.78 Å². The first-order valence-corrected chi connectivity index (χ1v) is 8.25. The van der Waals surface area contributed by atoms with Crippen LogP contribution in [0.25, 0.3) is 0 Å². The maximum absolute atomic E-state index is 14.1. The van der Waals surface area contributed by atoms with Crippen LogP contribution in [0.1, 0.15) is 31.7 Å². The molecule has 1 aromatic rings. The third-order valence-electron chi connectivity index (χ3n) is 4.88. The van der Waals surface area contributed by atoms with Crippen molar-refractivity contribution in [3.05, 3.63) is 33.8 Å². The predicted octanol–water partition coefficient (Wildman–Crippen LogP) is 4.29. The molecule has 0 bridgehead atoms. The number of hydrogen-bond acceptors (Lipinski definition) is 1. The average molecular weight is 344 g/mol. The largest absolute Gasteiger partial charge is 0.314 e. The fraction of sp³-hybridized carbons (Fsp3) is 0.625. The van der Waals surface area contributed by atoms with Gasteiger partial charge in [-0.1, -0.05) is 6.92 Å². The van der Waals surface area contributed by atoms with Crippen molar-refractivity contribution in [3.8, 4) is 0 Å². The Kier molecular flexibility index (Phi) is 4.14. The van der Waals surface area contributed by atoms with Crippen molar-refractivity contribution >= 4 is 15.9 Å². The lowest BCUT2D eigenvalue weighted by molar-refractivity contribution is 0.330. The minimum absolute atomic E-state index is 0.186. The average Bonchev–Trinajstić information content (AvgIpc) is 3.04. The lowest BCUT2D eigenvalue weighted by atomic mass is 9.89. The molecule has 1 nitrogen and oxygen atoms in total. The summed E-state index contributed by atoms with van der Waals surface area (Å²) in [5, 5.41) is 3.44. The van der Waals surface area contributed by atoms with Gasteiger partial charge in [0.15, 0.2) is 0 Å². The van der Waals surface area contributed by atoms with Gasteiger partial charge < -0.3 is 5.32 Å². The molecule has 1 aromatic carbocycles. The van der Waals surface area contributed by atoms with E-state index < -0.39 is 11.6 Å². The van der Waals surface area contributed by atoms with Gasteiger partial charge in [0.25, 0.3) is 0 Å². The van der Waals surface area contributed by atoms with Crippen LogP contribution >= 0.6 is 15.9 Å². The van der Waals surface area contributed by atoms with E-state index in [2.05, 4.69) is 28.2 Å². The maximum Gasteiger partial charge on any atom is 0.143 e. The molecule has 3 rings (SSSR count). The minimum atomic E-state index is -0.448. The lowest BCUT2D eigenvalue weighted by Gasteiger charge is -2.26. The van der Waals surface area contributed by atoms with Crippen molar-refractivity contribution in [2.24, 2.45) is 17.8 Å². The molecule has 0 aromatic heterocycles. The Morgan fingerprint density at radius 1 is 1.25 bits per heavy atom. The first kappa shape index (κ1) is 14.5. The van der Waals surface area contributed by atoms with Crippen LogP contribution in [-0.2, 0) is 6.42 Å². The Bertz CT molecular complexity index is 495. The molecule has 3 unspecified atom stereocenters. The molecule has 2 saturated carbocycles. The zero-order valence-corrected chi connectivity index (χ0v) is 13.2. The zero-order chi connectivity index (χ0) is 14.3. The Labute approximate surface area is 127 Å². The van der Waals surface area contributed by atoms with Crippen molar-refractivity contribution in [1.82, 2.24) is 5.32 Å². The van der Waals surface area contributed by atoms with Gasteiger partial charge in [0.05, 0.1) is 4.47 Å². The summed E-state index contributed by atoms with van der Waals surface area (Å²) >= 11 is 3.15. The van der Waals surface area contributed by atoms with Gasteiger partial charge in [-0.25, -0.2) is 8.78 Å². The molecule has 0 saturated heterocycles. The van der Waals surface area contributed by atoms with Crippen LogP contribution in [0.2, 0.25) is 0 Å². The number of halogens is 3. The van der Waals surface area contributed by atoms with Crippen LogP contribution in [0, 0.1) is 29.4 Å². The number of likely N-dealkylation sites (N-methyl/N-ethyl adjacent to an activating group) is 1. The van der Waals surface area contributed by atoms with Gasteiger partial charge in [-0.05, 0) is 78.0 Å². The monoisotopic (exact) mass is 343 g/mol. The van der Waals surface area contributed by atoms with E-state index in [-0.39, 0.29) is 11.6 Å². The highest BCUT2D eigenvalue weighted by Crippen LogP contribution is 2.55. The molecule has 1 N–H and O–H groups in total.